The summed E-state index contributed by atoms with van der Waals surface area (Å²) in [5.74, 6) is 1.33. The summed E-state index contributed by atoms with van der Waals surface area (Å²) in [4.78, 5) is 9.39. The lowest BCUT2D eigenvalue weighted by atomic mass is 9.92. The largest absolute Gasteiger partial charge is 0.497 e. The molecule has 33 heavy (non-hydrogen) atoms. The van der Waals surface area contributed by atoms with Gasteiger partial charge in [0.15, 0.2) is 10.6 Å². The number of para-hydroxylation sites is 2. The second kappa shape index (κ2) is 8.66. The van der Waals surface area contributed by atoms with Crippen molar-refractivity contribution < 1.29 is 17.9 Å². The molecular formula is C23H23ClN4O4S. The Balaban J connectivity index is 1.97. The van der Waals surface area contributed by atoms with Gasteiger partial charge in [-0.3, -0.25) is 0 Å². The minimum atomic E-state index is -4.20. The number of nitrogens with two attached hydrogens (primary N) is 1. The van der Waals surface area contributed by atoms with E-state index in [0.29, 0.717) is 33.3 Å². The Kier molecular flexibility index (Phi) is 6.04. The molecule has 3 aromatic rings. The summed E-state index contributed by atoms with van der Waals surface area (Å²) >= 11 is 6.42. The number of nitrogens with zero attached hydrogens (tertiary/aromatic N) is 2. The van der Waals surface area contributed by atoms with Crippen molar-refractivity contribution in [3.8, 4) is 11.5 Å². The van der Waals surface area contributed by atoms with Crippen LogP contribution in [0.25, 0.3) is 11.0 Å². The summed E-state index contributed by atoms with van der Waals surface area (Å²) in [6.07, 6.45) is 3.12. The van der Waals surface area contributed by atoms with E-state index in [4.69, 9.17) is 36.2 Å². The van der Waals surface area contributed by atoms with Crippen LogP contribution in [-0.2, 0) is 14.8 Å². The van der Waals surface area contributed by atoms with Crippen LogP contribution in [0.5, 0.6) is 11.5 Å². The summed E-state index contributed by atoms with van der Waals surface area (Å²) in [7, 11) is -1.12. The third kappa shape index (κ3) is 4.27. The van der Waals surface area contributed by atoms with Gasteiger partial charge in [0.2, 0.25) is 10.0 Å². The highest BCUT2D eigenvalue weighted by Gasteiger charge is 2.47. The van der Waals surface area contributed by atoms with Crippen molar-refractivity contribution >= 4 is 44.2 Å². The number of primary sulfonamides is 1. The van der Waals surface area contributed by atoms with Crippen molar-refractivity contribution in [2.75, 3.05) is 19.5 Å². The summed E-state index contributed by atoms with van der Waals surface area (Å²) in [5.41, 5.74) is 2.59. The van der Waals surface area contributed by atoms with E-state index in [9.17, 15) is 8.42 Å². The van der Waals surface area contributed by atoms with E-state index in [1.807, 2.05) is 6.07 Å². The van der Waals surface area contributed by atoms with E-state index in [1.54, 1.807) is 63.6 Å². The Hall–Kier alpha value is -3.14. The van der Waals surface area contributed by atoms with Gasteiger partial charge in [-0.1, -0.05) is 35.9 Å². The van der Waals surface area contributed by atoms with Crippen LogP contribution in [0.15, 0.2) is 65.2 Å². The van der Waals surface area contributed by atoms with E-state index in [-0.39, 0.29) is 17.9 Å². The number of allylic oxidation sites excluding steroid dienone is 3. The molecule has 0 aliphatic heterocycles. The van der Waals surface area contributed by atoms with Crippen LogP contribution in [0.1, 0.15) is 19.0 Å². The standard InChI is InChI=1S/C23H23ClN4O4S/c1-14-8-9-23(13-18(14)24,33(25,29)30)21-22(28-20-7-5-4-6-19(20)27-21)26-15-10-16(31-2)12-17(11-15)32-3/h4-12H,13H2,1-3H3,(H,26,28)(H2,25,29,30). The predicted molar refractivity (Wildman–Crippen MR) is 129 cm³/mol. The molecule has 0 bridgehead atoms. The zero-order chi connectivity index (χ0) is 23.8. The number of benzene rings is 2. The van der Waals surface area contributed by atoms with Crippen molar-refractivity contribution in [2.24, 2.45) is 5.14 Å². The Bertz CT molecular complexity index is 1380. The van der Waals surface area contributed by atoms with Crippen LogP contribution in [-0.4, -0.2) is 32.6 Å². The Morgan fingerprint density at radius 1 is 1.06 bits per heavy atom. The predicted octanol–water partition coefficient (Wildman–Crippen LogP) is 4.35. The van der Waals surface area contributed by atoms with Gasteiger partial charge in [0, 0.05) is 35.3 Å². The third-order valence-corrected chi connectivity index (χ3v) is 7.46. The molecule has 0 saturated heterocycles. The van der Waals surface area contributed by atoms with Crippen LogP contribution < -0.4 is 19.9 Å². The van der Waals surface area contributed by atoms with Crippen molar-refractivity contribution in [1.82, 2.24) is 9.97 Å². The van der Waals surface area contributed by atoms with Gasteiger partial charge in [-0.2, -0.15) is 0 Å². The number of ether oxygens (including phenoxy) is 2. The van der Waals surface area contributed by atoms with Crippen LogP contribution >= 0.6 is 11.6 Å². The fourth-order valence-corrected chi connectivity index (χ4v) is 5.04. The third-order valence-electron chi connectivity index (χ3n) is 5.54. The lowest BCUT2D eigenvalue weighted by Crippen LogP contribution is -2.41. The molecule has 172 valence electrons. The second-order valence-electron chi connectivity index (χ2n) is 7.67. The first-order valence-electron chi connectivity index (χ1n) is 10.0. The molecule has 0 saturated carbocycles. The number of hydrogen-bond acceptors (Lipinski definition) is 7. The number of halogens is 1. The zero-order valence-corrected chi connectivity index (χ0v) is 19.9. The summed E-state index contributed by atoms with van der Waals surface area (Å²) in [6.45, 7) is 1.81. The van der Waals surface area contributed by atoms with Crippen LogP contribution in [0.2, 0.25) is 0 Å². The minimum Gasteiger partial charge on any atom is -0.497 e. The Morgan fingerprint density at radius 2 is 1.67 bits per heavy atom. The van der Waals surface area contributed by atoms with Crippen molar-refractivity contribution in [1.29, 1.82) is 0 Å². The lowest BCUT2D eigenvalue weighted by Gasteiger charge is -2.32. The van der Waals surface area contributed by atoms with Crippen molar-refractivity contribution in [3.63, 3.8) is 0 Å². The molecule has 0 amide bonds. The minimum absolute atomic E-state index is 0.0567. The first kappa shape index (κ1) is 23.0. The number of nitrogens with one attached hydrogen (secondary N) is 1. The summed E-state index contributed by atoms with van der Waals surface area (Å²) in [6, 6.07) is 12.4. The smallest absolute Gasteiger partial charge is 0.224 e. The lowest BCUT2D eigenvalue weighted by molar-refractivity contribution is 0.395. The number of methoxy groups -OCH3 is 2. The first-order valence-corrected chi connectivity index (χ1v) is 11.9. The van der Waals surface area contributed by atoms with Crippen LogP contribution in [0.4, 0.5) is 11.5 Å². The number of rotatable bonds is 6. The molecule has 10 heteroatoms. The molecule has 4 rings (SSSR count). The highest BCUT2D eigenvalue weighted by Crippen LogP contribution is 2.44. The molecule has 2 aromatic carbocycles. The SMILES string of the molecule is COc1cc(Nc2nc3ccccc3nc2C2(S(N)(=O)=O)C=CC(C)=C(Cl)C2)cc(OC)c1. The average molecular weight is 487 g/mol. The molecule has 0 spiro atoms. The number of anilines is 2. The van der Waals surface area contributed by atoms with Gasteiger partial charge < -0.3 is 14.8 Å². The second-order valence-corrected chi connectivity index (χ2v) is 9.94. The fraction of sp³-hybridized carbons (Fsp3) is 0.217. The summed E-state index contributed by atoms with van der Waals surface area (Å²) in [5, 5.41) is 9.36. The van der Waals surface area contributed by atoms with E-state index in [2.05, 4.69) is 5.32 Å². The number of hydrogen-bond donors (Lipinski definition) is 2. The molecular weight excluding hydrogens is 464 g/mol. The molecule has 3 N–H and O–H groups in total. The maximum absolute atomic E-state index is 13.0. The van der Waals surface area contributed by atoms with Gasteiger partial charge in [0.25, 0.3) is 0 Å². The molecule has 8 nitrogen and oxygen atoms in total. The normalized spacial score (nSPS) is 18.5. The molecule has 1 aromatic heterocycles. The first-order chi connectivity index (χ1) is 15.7. The molecule has 0 fully saturated rings. The maximum atomic E-state index is 13.0. The topological polar surface area (TPSA) is 116 Å². The highest BCUT2D eigenvalue weighted by atomic mass is 35.5. The number of sulfonamides is 1. The highest BCUT2D eigenvalue weighted by molar-refractivity contribution is 7.90. The Morgan fingerprint density at radius 3 is 2.21 bits per heavy atom. The molecule has 1 aliphatic rings. The van der Waals surface area contributed by atoms with Gasteiger partial charge in [-0.15, -0.1) is 0 Å². The van der Waals surface area contributed by atoms with Crippen LogP contribution in [0, 0.1) is 0 Å². The van der Waals surface area contributed by atoms with Crippen LogP contribution in [0.3, 0.4) is 0 Å². The maximum Gasteiger partial charge on any atom is 0.224 e. The molecule has 1 unspecified atom stereocenters. The van der Waals surface area contributed by atoms with Gasteiger partial charge in [0.1, 0.15) is 17.2 Å². The van der Waals surface area contributed by atoms with Gasteiger partial charge in [-0.05, 0) is 24.6 Å². The fourth-order valence-electron chi connectivity index (χ4n) is 3.67. The van der Waals surface area contributed by atoms with Gasteiger partial charge >= 0.3 is 0 Å². The molecule has 1 atom stereocenters. The van der Waals surface area contributed by atoms with E-state index in [1.165, 1.54) is 6.08 Å². The monoisotopic (exact) mass is 486 g/mol. The average Bonchev–Trinajstić information content (AvgIpc) is 2.79. The molecule has 1 aliphatic carbocycles. The van der Waals surface area contributed by atoms with Gasteiger partial charge in [0.05, 0.1) is 25.3 Å². The van der Waals surface area contributed by atoms with Crippen molar-refractivity contribution in [3.05, 3.63) is 70.9 Å². The quantitative estimate of drug-likeness (QED) is 0.532. The molecule has 1 heterocycles. The van der Waals surface area contributed by atoms with E-state index < -0.39 is 14.8 Å². The van der Waals surface area contributed by atoms with E-state index >= 15 is 0 Å². The Labute approximate surface area is 197 Å². The van der Waals surface area contributed by atoms with E-state index in [0.717, 1.165) is 5.57 Å². The summed E-state index contributed by atoms with van der Waals surface area (Å²) < 4.78 is 35.0. The molecule has 0 radical (unpaired) electrons. The number of aromatic nitrogens is 2. The van der Waals surface area contributed by atoms with Crippen molar-refractivity contribution in [2.45, 2.75) is 18.1 Å². The number of fused-ring (bicyclic) bond motifs is 1. The zero-order valence-electron chi connectivity index (χ0n) is 18.3. The van der Waals surface area contributed by atoms with Gasteiger partial charge in [-0.25, -0.2) is 23.5 Å².